The maximum atomic E-state index is 9.84. The van der Waals surface area contributed by atoms with Crippen LogP contribution in [0.5, 0.6) is 5.75 Å². The molecule has 0 atom stereocenters. The van der Waals surface area contributed by atoms with Crippen LogP contribution in [0.25, 0.3) is 0 Å². The summed E-state index contributed by atoms with van der Waals surface area (Å²) in [6.45, 7) is 1.99. The van der Waals surface area contributed by atoms with Gasteiger partial charge in [-0.1, -0.05) is 42.5 Å². The van der Waals surface area contributed by atoms with Gasteiger partial charge in [0.05, 0.1) is 0 Å². The fraction of sp³-hybridized carbons (Fsp3) is 0.0769. The van der Waals surface area contributed by atoms with E-state index >= 15 is 0 Å². The average molecular weight is 212 g/mol. The maximum absolute atomic E-state index is 9.84. The molecule has 0 saturated heterocycles. The number of aryl methyl sites for hydroxylation is 1. The first-order valence-electron chi connectivity index (χ1n) is 5.22. The lowest BCUT2D eigenvalue weighted by molar-refractivity contribution is 0.432. The van der Waals surface area contributed by atoms with Crippen molar-refractivity contribution in [1.82, 2.24) is 0 Å². The Kier molecular flexibility index (Phi) is 3.27. The van der Waals surface area contributed by atoms with Crippen molar-refractivity contribution in [3.63, 3.8) is 0 Å². The molecule has 0 fully saturated rings. The van der Waals surface area contributed by atoms with Gasteiger partial charge < -0.3 is 9.68 Å². The van der Waals surface area contributed by atoms with E-state index in [-0.39, 0.29) is 0 Å². The number of rotatable bonds is 3. The van der Waals surface area contributed by atoms with Gasteiger partial charge in [-0.15, -0.1) is 0 Å². The van der Waals surface area contributed by atoms with Crippen LogP contribution in [-0.4, -0.2) is 12.1 Å². The normalized spacial score (nSPS) is 9.88. The molecule has 0 radical (unpaired) electrons. The largest absolute Gasteiger partial charge is 0.560 e. The Hall–Kier alpha value is -1.74. The van der Waals surface area contributed by atoms with Gasteiger partial charge in [-0.2, -0.15) is 0 Å². The molecule has 0 aliphatic rings. The summed E-state index contributed by atoms with van der Waals surface area (Å²) >= 11 is 0. The lowest BCUT2D eigenvalue weighted by Gasteiger charge is -2.10. The molecule has 1 N–H and O–H groups in total. The fourth-order valence-electron chi connectivity index (χ4n) is 1.50. The minimum absolute atomic E-state index is 0.677. The highest BCUT2D eigenvalue weighted by Gasteiger charge is 2.17. The minimum atomic E-state index is -0.914. The molecule has 0 aromatic heterocycles. The Labute approximate surface area is 95.7 Å². The average Bonchev–Trinajstić information content (AvgIpc) is 2.30. The molecule has 0 amide bonds. The standard InChI is InChI=1S/C13H13BO2/c1-11-6-5-9-13(10-11)16-14(15)12-7-3-2-4-8-12/h2-10,15H,1H3. The van der Waals surface area contributed by atoms with E-state index in [9.17, 15) is 5.02 Å². The maximum Gasteiger partial charge on any atom is 0.560 e. The van der Waals surface area contributed by atoms with E-state index in [4.69, 9.17) is 4.65 Å². The summed E-state index contributed by atoms with van der Waals surface area (Å²) in [5.41, 5.74) is 1.86. The van der Waals surface area contributed by atoms with E-state index in [0.29, 0.717) is 5.75 Å². The van der Waals surface area contributed by atoms with Crippen molar-refractivity contribution in [3.8, 4) is 5.75 Å². The van der Waals surface area contributed by atoms with Gasteiger partial charge in [0.15, 0.2) is 0 Å². The molecule has 0 saturated carbocycles. The molecule has 3 heteroatoms. The van der Waals surface area contributed by atoms with Gasteiger partial charge in [0.1, 0.15) is 5.75 Å². The summed E-state index contributed by atoms with van der Waals surface area (Å²) < 4.78 is 5.44. The highest BCUT2D eigenvalue weighted by Crippen LogP contribution is 2.12. The second-order valence-electron chi connectivity index (χ2n) is 3.70. The van der Waals surface area contributed by atoms with Crippen molar-refractivity contribution < 1.29 is 9.68 Å². The number of benzene rings is 2. The summed E-state index contributed by atoms with van der Waals surface area (Å²) in [6, 6.07) is 16.9. The lowest BCUT2D eigenvalue weighted by Crippen LogP contribution is -2.36. The molecular formula is C13H13BO2. The van der Waals surface area contributed by atoms with Crippen molar-refractivity contribution in [2.45, 2.75) is 6.92 Å². The van der Waals surface area contributed by atoms with Crippen LogP contribution in [0.1, 0.15) is 5.56 Å². The SMILES string of the molecule is Cc1cccc(OB(O)c2ccccc2)c1. The van der Waals surface area contributed by atoms with Crippen LogP contribution in [0.15, 0.2) is 54.6 Å². The fourth-order valence-corrected chi connectivity index (χ4v) is 1.50. The zero-order chi connectivity index (χ0) is 11.4. The smallest absolute Gasteiger partial charge is 0.532 e. The van der Waals surface area contributed by atoms with Crippen LogP contribution in [0.4, 0.5) is 0 Å². The van der Waals surface area contributed by atoms with Gasteiger partial charge in [-0.3, -0.25) is 0 Å². The molecule has 2 aromatic rings. The van der Waals surface area contributed by atoms with Gasteiger partial charge in [-0.05, 0) is 30.1 Å². The van der Waals surface area contributed by atoms with Crippen LogP contribution in [0.2, 0.25) is 0 Å². The summed E-state index contributed by atoms with van der Waals surface area (Å²) in [7, 11) is -0.914. The molecule has 80 valence electrons. The Morgan fingerprint density at radius 3 is 2.44 bits per heavy atom. The number of hydrogen-bond donors (Lipinski definition) is 1. The van der Waals surface area contributed by atoms with Crippen LogP contribution in [0.3, 0.4) is 0 Å². The highest BCUT2D eigenvalue weighted by molar-refractivity contribution is 6.60. The molecule has 0 bridgehead atoms. The van der Waals surface area contributed by atoms with E-state index in [0.717, 1.165) is 11.0 Å². The molecule has 2 aromatic carbocycles. The third kappa shape index (κ3) is 2.64. The molecule has 0 aliphatic carbocycles. The zero-order valence-corrected chi connectivity index (χ0v) is 9.13. The van der Waals surface area contributed by atoms with Gasteiger partial charge in [0.2, 0.25) is 0 Å². The second kappa shape index (κ2) is 4.86. The Balaban J connectivity index is 2.11. The highest BCUT2D eigenvalue weighted by atomic mass is 16.5. The van der Waals surface area contributed by atoms with Crippen molar-refractivity contribution in [1.29, 1.82) is 0 Å². The van der Waals surface area contributed by atoms with Crippen molar-refractivity contribution in [3.05, 3.63) is 60.2 Å². The topological polar surface area (TPSA) is 29.5 Å². The first-order chi connectivity index (χ1) is 7.75. The van der Waals surface area contributed by atoms with Crippen molar-refractivity contribution in [2.75, 3.05) is 0 Å². The summed E-state index contributed by atoms with van der Waals surface area (Å²) in [4.78, 5) is 0. The summed E-state index contributed by atoms with van der Waals surface area (Å²) in [5, 5.41) is 9.84. The first-order valence-corrected chi connectivity index (χ1v) is 5.22. The van der Waals surface area contributed by atoms with Crippen molar-refractivity contribution in [2.24, 2.45) is 0 Å². The van der Waals surface area contributed by atoms with Gasteiger partial charge in [-0.25, -0.2) is 0 Å². The van der Waals surface area contributed by atoms with E-state index in [1.165, 1.54) is 0 Å². The lowest BCUT2D eigenvalue weighted by atomic mass is 9.79. The van der Waals surface area contributed by atoms with Crippen LogP contribution in [0, 0.1) is 6.92 Å². The van der Waals surface area contributed by atoms with E-state index in [2.05, 4.69) is 0 Å². The summed E-state index contributed by atoms with van der Waals surface area (Å²) in [5.74, 6) is 0.677. The monoisotopic (exact) mass is 212 g/mol. The van der Waals surface area contributed by atoms with Crippen LogP contribution < -0.4 is 10.1 Å². The zero-order valence-electron chi connectivity index (χ0n) is 9.13. The third-order valence-electron chi connectivity index (χ3n) is 2.32. The van der Waals surface area contributed by atoms with Gasteiger partial charge in [0, 0.05) is 0 Å². The van der Waals surface area contributed by atoms with E-state index in [1.807, 2.05) is 61.5 Å². The summed E-state index contributed by atoms with van der Waals surface area (Å²) in [6.07, 6.45) is 0. The molecule has 2 nitrogen and oxygen atoms in total. The molecule has 0 aliphatic heterocycles. The predicted molar refractivity (Wildman–Crippen MR) is 65.9 cm³/mol. The first kappa shape index (κ1) is 10.8. The quantitative estimate of drug-likeness (QED) is 0.785. The molecule has 2 rings (SSSR count). The second-order valence-corrected chi connectivity index (χ2v) is 3.70. The molecule has 0 unspecified atom stereocenters. The van der Waals surface area contributed by atoms with Crippen LogP contribution >= 0.6 is 0 Å². The molecular weight excluding hydrogens is 199 g/mol. The van der Waals surface area contributed by atoms with Crippen LogP contribution in [-0.2, 0) is 0 Å². The predicted octanol–water partition coefficient (Wildman–Crippen LogP) is 1.76. The Morgan fingerprint density at radius 2 is 1.75 bits per heavy atom. The Morgan fingerprint density at radius 1 is 1.00 bits per heavy atom. The molecule has 0 heterocycles. The van der Waals surface area contributed by atoms with E-state index in [1.54, 1.807) is 0 Å². The third-order valence-corrected chi connectivity index (χ3v) is 2.32. The minimum Gasteiger partial charge on any atom is -0.532 e. The van der Waals surface area contributed by atoms with Gasteiger partial charge in [0.25, 0.3) is 0 Å². The molecule has 16 heavy (non-hydrogen) atoms. The van der Waals surface area contributed by atoms with E-state index < -0.39 is 7.12 Å². The van der Waals surface area contributed by atoms with Gasteiger partial charge >= 0.3 is 7.12 Å². The van der Waals surface area contributed by atoms with Crippen molar-refractivity contribution >= 4 is 12.6 Å². The number of hydrogen-bond acceptors (Lipinski definition) is 2. The Bertz CT molecular complexity index is 456. The molecule has 0 spiro atoms.